The monoisotopic (exact) mass is 464 g/mol. The highest BCUT2D eigenvalue weighted by atomic mass is 35.5. The van der Waals surface area contributed by atoms with Gasteiger partial charge in [0, 0.05) is 35.6 Å². The molecule has 2 atom stereocenters. The van der Waals surface area contributed by atoms with Gasteiger partial charge in [0.1, 0.15) is 6.02 Å². The summed E-state index contributed by atoms with van der Waals surface area (Å²) in [4.78, 5) is 50.0. The van der Waals surface area contributed by atoms with Crippen LogP contribution in [-0.2, 0) is 33.4 Å². The number of benzene rings is 2. The molecule has 0 bridgehead atoms. The maximum absolute atomic E-state index is 14.7. The van der Waals surface area contributed by atoms with E-state index in [2.05, 4.69) is 0 Å². The first-order valence-corrected chi connectivity index (χ1v) is 9.92. The number of piperidine rings is 1. The van der Waals surface area contributed by atoms with E-state index in [1.165, 1.54) is 30.3 Å². The van der Waals surface area contributed by atoms with E-state index in [4.69, 9.17) is 15.8 Å². The number of halogens is 3. The minimum absolute atomic E-state index is 0.0176. The first-order valence-electron chi connectivity index (χ1n) is 11.1. The van der Waals surface area contributed by atoms with Crippen LogP contribution < -0.4 is 10.6 Å². The van der Waals surface area contributed by atoms with Crippen molar-refractivity contribution in [1.82, 2.24) is 15.5 Å². The molecule has 0 aromatic heterocycles. The molecule has 2 aliphatic rings. The van der Waals surface area contributed by atoms with Crippen LogP contribution in [0.1, 0.15) is 42.6 Å². The topological polar surface area (TPSA) is 95.6 Å². The Bertz CT molecular complexity index is 1250. The molecule has 0 spiro atoms. The number of hydrogen-bond acceptors (Lipinski definition) is 4. The summed E-state index contributed by atoms with van der Waals surface area (Å²) in [5, 5.41) is 2.08. The lowest BCUT2D eigenvalue weighted by Gasteiger charge is -2.29. The van der Waals surface area contributed by atoms with Gasteiger partial charge in [-0.25, -0.2) is 0 Å². The molecule has 2 aromatic rings. The number of rotatable bonds is 5. The fourth-order valence-corrected chi connectivity index (χ4v) is 3.63. The van der Waals surface area contributed by atoms with Gasteiger partial charge in [0.2, 0.25) is 11.8 Å². The fourth-order valence-electron chi connectivity index (χ4n) is 3.50. The molecule has 2 N–H and O–H groups in total. The molecule has 1 saturated heterocycles. The second-order valence-electron chi connectivity index (χ2n) is 7.28. The lowest BCUT2D eigenvalue weighted by atomic mass is 10.0. The van der Waals surface area contributed by atoms with Crippen LogP contribution in [0.4, 0.5) is 8.78 Å². The Hall–Kier alpha value is -3.33. The summed E-state index contributed by atoms with van der Waals surface area (Å²) in [6, 6.07) is 6.08. The van der Waals surface area contributed by atoms with Crippen molar-refractivity contribution in [3.8, 4) is 0 Å². The van der Waals surface area contributed by atoms with Gasteiger partial charge in [-0.3, -0.25) is 24.5 Å². The van der Waals surface area contributed by atoms with E-state index < -0.39 is 47.7 Å². The van der Waals surface area contributed by atoms with Gasteiger partial charge in [0.25, 0.3) is 11.8 Å². The van der Waals surface area contributed by atoms with Gasteiger partial charge in [0.15, 0.2) is 1.41 Å². The third-order valence-corrected chi connectivity index (χ3v) is 5.42. The molecule has 0 radical (unpaired) electrons. The van der Waals surface area contributed by atoms with Crippen molar-refractivity contribution in [2.75, 3.05) is 0 Å². The van der Waals surface area contributed by atoms with Crippen molar-refractivity contribution < 1.29 is 32.1 Å². The number of nitrogens with zero attached hydrogens (tertiary/aromatic N) is 1. The van der Waals surface area contributed by atoms with Gasteiger partial charge in [-0.05, 0) is 35.7 Å². The number of carbonyl (C=O) groups excluding carboxylic acids is 4. The van der Waals surface area contributed by atoms with Crippen LogP contribution in [0.3, 0.4) is 0 Å². The highest BCUT2D eigenvalue weighted by Crippen LogP contribution is 2.30. The SMILES string of the molecule is [2H]C(c1ccc2c(c1)CN(C1([2H])CCC(=O)NC1=O)C2=O)N([2H])C(=O)C(F)(F)c1ccc(Cl)cc1. The zero-order valence-electron chi connectivity index (χ0n) is 19.4. The molecular weight excluding hydrogens is 444 g/mol. The largest absolute Gasteiger partial charge is 0.349 e. The minimum Gasteiger partial charge on any atom is -0.346 e. The van der Waals surface area contributed by atoms with Crippen LogP contribution in [-0.4, -0.2) is 34.5 Å². The summed E-state index contributed by atoms with van der Waals surface area (Å²) in [6.07, 6.45) is -0.312. The summed E-state index contributed by atoms with van der Waals surface area (Å²) >= 11 is 5.69. The van der Waals surface area contributed by atoms with Gasteiger partial charge >= 0.3 is 5.92 Å². The Balaban J connectivity index is 1.55. The van der Waals surface area contributed by atoms with Crippen LogP contribution in [0, 0.1) is 0 Å². The van der Waals surface area contributed by atoms with Gasteiger partial charge in [-0.15, -0.1) is 0 Å². The van der Waals surface area contributed by atoms with Crippen molar-refractivity contribution in [2.45, 2.75) is 37.8 Å². The number of hydrogen-bond donors (Lipinski definition) is 2. The third kappa shape index (κ3) is 4.08. The molecule has 166 valence electrons. The third-order valence-electron chi connectivity index (χ3n) is 5.17. The zero-order chi connectivity index (χ0) is 25.7. The molecule has 2 aliphatic heterocycles. The molecule has 4 rings (SSSR count). The molecule has 2 heterocycles. The molecule has 0 aliphatic carbocycles. The van der Waals surface area contributed by atoms with E-state index >= 15 is 0 Å². The Kier molecular flexibility index (Phi) is 4.74. The number of amides is 4. The van der Waals surface area contributed by atoms with Crippen molar-refractivity contribution in [1.29, 1.82) is 0 Å². The predicted octanol–water partition coefficient (Wildman–Crippen LogP) is 2.51. The molecular formula is C22H18ClF2N3O4. The van der Waals surface area contributed by atoms with Crippen LogP contribution in [0.2, 0.25) is 6.43 Å². The number of carbonyl (C=O) groups is 4. The summed E-state index contributed by atoms with van der Waals surface area (Å²) in [7, 11) is 0. The maximum atomic E-state index is 14.7. The van der Waals surface area contributed by atoms with Gasteiger partial charge in [-0.1, -0.05) is 35.9 Å². The minimum atomic E-state index is -4.08. The average molecular weight is 465 g/mol. The molecule has 1 fully saturated rings. The molecule has 2 aromatic carbocycles. The highest BCUT2D eigenvalue weighted by molar-refractivity contribution is 6.30. The van der Waals surface area contributed by atoms with E-state index in [0.717, 1.165) is 17.0 Å². The smallest absolute Gasteiger partial charge is 0.346 e. The van der Waals surface area contributed by atoms with Gasteiger partial charge < -0.3 is 10.2 Å². The number of alkyl halides is 2. The normalized spacial score (nSPS) is 23.0. The second-order valence-corrected chi connectivity index (χ2v) is 7.71. The molecule has 10 heteroatoms. The number of nitrogens with one attached hydrogen (secondary N) is 2. The van der Waals surface area contributed by atoms with Crippen LogP contribution >= 0.6 is 11.6 Å². The second kappa shape index (κ2) is 8.31. The summed E-state index contributed by atoms with van der Waals surface area (Å²) in [5.41, 5.74) is -0.273. The van der Waals surface area contributed by atoms with Gasteiger partial charge in [-0.2, -0.15) is 8.78 Å². The lowest BCUT2D eigenvalue weighted by Crippen LogP contribution is -2.52. The Morgan fingerprint density at radius 2 is 2.00 bits per heavy atom. The number of fused-ring (bicyclic) bond motifs is 1. The average Bonchev–Trinajstić information content (AvgIpc) is 3.16. The first-order chi connectivity index (χ1) is 16.4. The Morgan fingerprint density at radius 1 is 1.28 bits per heavy atom. The summed E-state index contributed by atoms with van der Waals surface area (Å²) in [5.74, 6) is -8.12. The van der Waals surface area contributed by atoms with Crippen molar-refractivity contribution in [2.24, 2.45) is 0 Å². The fraction of sp³-hybridized carbons (Fsp3) is 0.273. The van der Waals surface area contributed by atoms with E-state index in [9.17, 15) is 28.0 Å². The van der Waals surface area contributed by atoms with E-state index in [-0.39, 0.29) is 40.8 Å². The van der Waals surface area contributed by atoms with Crippen LogP contribution in [0.5, 0.6) is 0 Å². The molecule has 7 nitrogen and oxygen atoms in total. The van der Waals surface area contributed by atoms with Gasteiger partial charge in [0.05, 0.1) is 2.74 Å². The molecule has 32 heavy (non-hydrogen) atoms. The quantitative estimate of drug-likeness (QED) is 0.665. The molecule has 4 amide bonds. The Morgan fingerprint density at radius 3 is 2.69 bits per heavy atom. The Labute approximate surface area is 191 Å². The van der Waals surface area contributed by atoms with E-state index in [1.54, 1.807) is 0 Å². The zero-order valence-corrected chi connectivity index (χ0v) is 17.2. The summed E-state index contributed by atoms with van der Waals surface area (Å²) < 4.78 is 53.9. The molecule has 0 saturated carbocycles. The maximum Gasteiger partial charge on any atom is 0.349 e. The van der Waals surface area contributed by atoms with Crippen molar-refractivity contribution in [3.05, 3.63) is 69.7 Å². The van der Waals surface area contributed by atoms with E-state index in [0.29, 0.717) is 5.56 Å². The van der Waals surface area contributed by atoms with Crippen molar-refractivity contribution in [3.63, 3.8) is 0 Å². The van der Waals surface area contributed by atoms with Crippen LogP contribution in [0.25, 0.3) is 0 Å². The highest BCUT2D eigenvalue weighted by Gasteiger charge is 2.41. The first kappa shape index (κ1) is 18.3. The summed E-state index contributed by atoms with van der Waals surface area (Å²) in [6.45, 7) is -2.05. The van der Waals surface area contributed by atoms with E-state index in [1.807, 2.05) is 5.32 Å². The standard InChI is InChI=1S/C22H18ClF2N3O4/c23-15-4-2-14(3-5-15)22(24,25)21(32)26-10-12-1-6-16-13(9-12)11-28(20(16)31)17-7-8-18(29)27-19(17)30/h1-6,9,17H,7-8,10-11H2,(H,26,32)(H,27,29,30)/i10D,17D/hD. The molecule has 2 unspecified atom stereocenters. The number of imide groups is 1. The van der Waals surface area contributed by atoms with Crippen molar-refractivity contribution >= 4 is 35.2 Å². The lowest BCUT2D eigenvalue weighted by molar-refractivity contribution is -0.147. The predicted molar refractivity (Wildman–Crippen MR) is 110 cm³/mol. The van der Waals surface area contributed by atoms with Crippen LogP contribution in [0.15, 0.2) is 42.5 Å².